The Kier molecular flexibility index (Phi) is 9.98. The number of anilines is 2. The molecule has 258 valence electrons. The molecule has 1 aromatic heterocycles. The Balaban J connectivity index is 1.12. The molecule has 6 rings (SSSR count). The molecule has 10 nitrogen and oxygen atoms in total. The van der Waals surface area contributed by atoms with Crippen LogP contribution in [0, 0.1) is 28.9 Å². The molecule has 0 bridgehead atoms. The van der Waals surface area contributed by atoms with Crippen LogP contribution < -0.4 is 24.8 Å². The van der Waals surface area contributed by atoms with Crippen LogP contribution in [0.2, 0.25) is 0 Å². The molecule has 1 saturated carbocycles. The van der Waals surface area contributed by atoms with Crippen LogP contribution >= 0.6 is 0 Å². The molecule has 2 N–H and O–H groups in total. The summed E-state index contributed by atoms with van der Waals surface area (Å²) in [7, 11) is 3.70. The summed E-state index contributed by atoms with van der Waals surface area (Å²) in [5.74, 6) is -1.36. The van der Waals surface area contributed by atoms with Crippen molar-refractivity contribution in [2.45, 2.75) is 20.3 Å². The Hall–Kier alpha value is -4.81. The third-order valence-corrected chi connectivity index (χ3v) is 9.80. The average molecular weight is 674 g/mol. The van der Waals surface area contributed by atoms with Crippen molar-refractivity contribution >= 4 is 34.1 Å². The van der Waals surface area contributed by atoms with Crippen LogP contribution in [-0.2, 0) is 9.59 Å². The minimum atomic E-state index is -1.36. The zero-order chi connectivity index (χ0) is 34.7. The summed E-state index contributed by atoms with van der Waals surface area (Å²) in [6, 6.07) is 14.6. The SMILES string of the molecule is COc1cc2c(Oc3ccc(NC(=O)C4(C(=O)Nc5ccc(F)cc5)C(C)C4C)cc3F)ccnc2cc1OCCCN1CCN(C)CC1. The molecule has 2 heterocycles. The number of amides is 2. The number of fused-ring (bicyclic) bond motifs is 1. The van der Waals surface area contributed by atoms with Crippen molar-refractivity contribution < 1.29 is 32.6 Å². The van der Waals surface area contributed by atoms with Gasteiger partial charge in [0.25, 0.3) is 0 Å². The van der Waals surface area contributed by atoms with Gasteiger partial charge in [0.2, 0.25) is 11.8 Å². The number of pyridine rings is 1. The zero-order valence-corrected chi connectivity index (χ0v) is 28.1. The van der Waals surface area contributed by atoms with Crippen LogP contribution in [0.3, 0.4) is 0 Å². The van der Waals surface area contributed by atoms with Crippen LogP contribution in [0.25, 0.3) is 10.9 Å². The van der Waals surface area contributed by atoms with E-state index in [1.807, 2.05) is 13.8 Å². The Morgan fingerprint density at radius 3 is 2.18 bits per heavy atom. The Morgan fingerprint density at radius 2 is 1.53 bits per heavy atom. The second kappa shape index (κ2) is 14.4. The van der Waals surface area contributed by atoms with Crippen molar-refractivity contribution in [1.82, 2.24) is 14.8 Å². The van der Waals surface area contributed by atoms with E-state index in [2.05, 4.69) is 32.5 Å². The number of carbonyl (C=O) groups is 2. The fourth-order valence-electron chi connectivity index (χ4n) is 6.52. The number of hydrogen-bond donors (Lipinski definition) is 2. The van der Waals surface area contributed by atoms with E-state index >= 15 is 4.39 Å². The largest absolute Gasteiger partial charge is 0.493 e. The van der Waals surface area contributed by atoms with Crippen molar-refractivity contribution in [3.8, 4) is 23.0 Å². The fraction of sp³-hybridized carbons (Fsp3) is 0.378. The first-order valence-electron chi connectivity index (χ1n) is 16.5. The van der Waals surface area contributed by atoms with E-state index in [4.69, 9.17) is 14.2 Å². The van der Waals surface area contributed by atoms with Gasteiger partial charge in [-0.15, -0.1) is 0 Å². The van der Waals surface area contributed by atoms with Gasteiger partial charge in [-0.25, -0.2) is 8.78 Å². The van der Waals surface area contributed by atoms with E-state index < -0.39 is 28.9 Å². The van der Waals surface area contributed by atoms with Gasteiger partial charge in [0, 0.05) is 67.8 Å². The van der Waals surface area contributed by atoms with E-state index in [-0.39, 0.29) is 23.3 Å². The van der Waals surface area contributed by atoms with Crippen molar-refractivity contribution in [2.75, 3.05) is 64.1 Å². The highest BCUT2D eigenvalue weighted by Gasteiger charge is 2.69. The lowest BCUT2D eigenvalue weighted by atomic mass is 9.99. The molecule has 12 heteroatoms. The van der Waals surface area contributed by atoms with Crippen molar-refractivity contribution in [1.29, 1.82) is 0 Å². The molecular formula is C37H41F2N5O5. The maximum atomic E-state index is 15.4. The smallest absolute Gasteiger partial charge is 0.240 e. The summed E-state index contributed by atoms with van der Waals surface area (Å²) < 4.78 is 46.4. The summed E-state index contributed by atoms with van der Waals surface area (Å²) in [6.07, 6.45) is 2.45. The fourth-order valence-corrected chi connectivity index (χ4v) is 6.52. The summed E-state index contributed by atoms with van der Waals surface area (Å²) in [5, 5.41) is 6.02. The number of benzene rings is 3. The number of aromatic nitrogens is 1. The first kappa shape index (κ1) is 34.1. The standard InChI is InChI=1S/C37H41F2N5O5/c1-23-24(2)37(23,35(45)41-26-8-6-25(38)7-9-26)36(46)42-27-10-11-32(29(39)20-27)49-31-12-13-40-30-22-34(33(47-4)21-28(30)31)48-19-5-14-44-17-15-43(3)16-18-44/h6-13,20-24H,5,14-19H2,1-4H3,(H,41,45)(H,42,46). The Bertz CT molecular complexity index is 1820. The summed E-state index contributed by atoms with van der Waals surface area (Å²) >= 11 is 0. The molecular weight excluding hydrogens is 632 g/mol. The van der Waals surface area contributed by atoms with Crippen LogP contribution in [0.4, 0.5) is 20.2 Å². The number of piperazine rings is 1. The number of nitrogens with one attached hydrogen (secondary N) is 2. The second-order valence-corrected chi connectivity index (χ2v) is 12.8. The highest BCUT2D eigenvalue weighted by molar-refractivity contribution is 6.17. The molecule has 1 aliphatic carbocycles. The normalized spacial score (nSPS) is 20.9. The molecule has 2 amide bonds. The highest BCUT2D eigenvalue weighted by Crippen LogP contribution is 2.59. The first-order valence-corrected chi connectivity index (χ1v) is 16.5. The third-order valence-electron chi connectivity index (χ3n) is 9.80. The molecule has 3 aromatic carbocycles. The minimum Gasteiger partial charge on any atom is -0.493 e. The topological polar surface area (TPSA) is 105 Å². The van der Waals surface area contributed by atoms with Crippen molar-refractivity contribution in [2.24, 2.45) is 17.3 Å². The van der Waals surface area contributed by atoms with Gasteiger partial charge in [-0.1, -0.05) is 13.8 Å². The van der Waals surface area contributed by atoms with Crippen molar-refractivity contribution in [3.05, 3.63) is 78.5 Å². The zero-order valence-electron chi connectivity index (χ0n) is 28.1. The van der Waals surface area contributed by atoms with Crippen LogP contribution in [-0.4, -0.2) is 80.1 Å². The van der Waals surface area contributed by atoms with E-state index in [0.717, 1.165) is 45.2 Å². The number of likely N-dealkylation sites (N-methyl/N-ethyl adjacent to an activating group) is 1. The number of ether oxygens (including phenoxy) is 3. The third kappa shape index (κ3) is 7.16. The number of nitrogens with zero attached hydrogens (tertiary/aromatic N) is 3. The predicted molar refractivity (Wildman–Crippen MR) is 183 cm³/mol. The molecule has 1 aliphatic heterocycles. The molecule has 2 unspecified atom stereocenters. The molecule has 4 aromatic rings. The molecule has 0 radical (unpaired) electrons. The van der Waals surface area contributed by atoms with Gasteiger partial charge in [-0.2, -0.15) is 0 Å². The van der Waals surface area contributed by atoms with Gasteiger partial charge in [-0.05, 0) is 73.8 Å². The first-order chi connectivity index (χ1) is 23.6. The lowest BCUT2D eigenvalue weighted by Crippen LogP contribution is -2.44. The molecule has 49 heavy (non-hydrogen) atoms. The van der Waals surface area contributed by atoms with Gasteiger partial charge < -0.3 is 34.6 Å². The minimum absolute atomic E-state index is 0.0642. The summed E-state index contributed by atoms with van der Waals surface area (Å²) in [4.78, 5) is 36.0. The molecule has 2 fully saturated rings. The van der Waals surface area contributed by atoms with Gasteiger partial charge in [0.1, 0.15) is 17.0 Å². The van der Waals surface area contributed by atoms with Crippen molar-refractivity contribution in [3.63, 3.8) is 0 Å². The molecule has 2 aliphatic rings. The predicted octanol–water partition coefficient (Wildman–Crippen LogP) is 6.18. The number of halogens is 2. The van der Waals surface area contributed by atoms with E-state index in [9.17, 15) is 14.0 Å². The monoisotopic (exact) mass is 673 g/mol. The van der Waals surface area contributed by atoms with E-state index in [1.165, 1.54) is 36.4 Å². The van der Waals surface area contributed by atoms with Gasteiger partial charge >= 0.3 is 0 Å². The lowest BCUT2D eigenvalue weighted by molar-refractivity contribution is -0.132. The van der Waals surface area contributed by atoms with Crippen LogP contribution in [0.5, 0.6) is 23.0 Å². The van der Waals surface area contributed by atoms with Gasteiger partial charge in [0.05, 0.1) is 19.2 Å². The summed E-state index contributed by atoms with van der Waals surface area (Å²) in [6.45, 7) is 9.35. The maximum Gasteiger partial charge on any atom is 0.240 e. The van der Waals surface area contributed by atoms with E-state index in [1.54, 1.807) is 31.5 Å². The van der Waals surface area contributed by atoms with Gasteiger partial charge in [-0.3, -0.25) is 14.6 Å². The average Bonchev–Trinajstić information content (AvgIpc) is 3.65. The number of hydrogen-bond acceptors (Lipinski definition) is 8. The number of carbonyl (C=O) groups excluding carboxylic acids is 2. The van der Waals surface area contributed by atoms with Crippen LogP contribution in [0.1, 0.15) is 20.3 Å². The lowest BCUT2D eigenvalue weighted by Gasteiger charge is -2.32. The van der Waals surface area contributed by atoms with Crippen LogP contribution in [0.15, 0.2) is 66.9 Å². The molecule has 2 atom stereocenters. The Labute approximate surface area is 284 Å². The quantitative estimate of drug-likeness (QED) is 0.136. The highest BCUT2D eigenvalue weighted by atomic mass is 19.1. The van der Waals surface area contributed by atoms with Gasteiger partial charge in [0.15, 0.2) is 23.1 Å². The van der Waals surface area contributed by atoms with E-state index in [0.29, 0.717) is 40.4 Å². The molecule has 1 saturated heterocycles. The number of rotatable bonds is 12. The Morgan fingerprint density at radius 1 is 0.857 bits per heavy atom. The maximum absolute atomic E-state index is 15.4. The second-order valence-electron chi connectivity index (χ2n) is 12.8. The molecule has 0 spiro atoms. The number of methoxy groups -OCH3 is 1. The summed E-state index contributed by atoms with van der Waals surface area (Å²) in [5.41, 5.74) is -0.221.